The Morgan fingerprint density at radius 2 is 1.93 bits per heavy atom. The molecule has 0 aliphatic carbocycles. The number of nitrogens with zero attached hydrogens (tertiary/aromatic N) is 2. The average Bonchev–Trinajstić information content (AvgIpc) is 3.38. The summed E-state index contributed by atoms with van der Waals surface area (Å²) >= 11 is 1.55. The quantitative estimate of drug-likeness (QED) is 0.759. The van der Waals surface area contributed by atoms with Gasteiger partial charge in [0.25, 0.3) is 5.91 Å². The van der Waals surface area contributed by atoms with Gasteiger partial charge in [0.15, 0.2) is 0 Å². The maximum absolute atomic E-state index is 13.1. The van der Waals surface area contributed by atoms with Gasteiger partial charge in [0, 0.05) is 24.4 Å². The molecule has 1 N–H and O–H groups in total. The van der Waals surface area contributed by atoms with Crippen LogP contribution in [-0.2, 0) is 27.8 Å². The Kier molecular flexibility index (Phi) is 5.75. The van der Waals surface area contributed by atoms with E-state index in [1.54, 1.807) is 34.9 Å². The number of fused-ring (bicyclic) bond motifs is 1. The lowest BCUT2D eigenvalue weighted by Gasteiger charge is -2.23. The Bertz CT molecular complexity index is 1070. The van der Waals surface area contributed by atoms with E-state index in [2.05, 4.69) is 5.32 Å². The van der Waals surface area contributed by atoms with Crippen molar-refractivity contribution in [3.8, 4) is 0 Å². The number of carbonyl (C=O) groups is 2. The molecule has 7 nitrogen and oxygen atoms in total. The molecule has 0 radical (unpaired) electrons. The third-order valence-electron chi connectivity index (χ3n) is 5.34. The Balaban J connectivity index is 1.47. The predicted octanol–water partition coefficient (Wildman–Crippen LogP) is 1.84. The standard InChI is InChI=1S/C21H23N3O4S2/c1-30(27,28)24-10-9-16-11-17(7-8-18(16)24)21(26)23-14-29-13-19(23)20(25)22-12-15-5-3-2-4-6-15/h2-8,11,19H,9-10,12-14H2,1H3,(H,22,25). The molecule has 2 aliphatic rings. The maximum Gasteiger partial charge on any atom is 0.255 e. The Hall–Kier alpha value is -2.52. The average molecular weight is 446 g/mol. The van der Waals surface area contributed by atoms with Crippen molar-refractivity contribution < 1.29 is 18.0 Å². The smallest absolute Gasteiger partial charge is 0.255 e. The highest BCUT2D eigenvalue weighted by Crippen LogP contribution is 2.32. The second-order valence-corrected chi connectivity index (χ2v) is 10.3. The van der Waals surface area contributed by atoms with Crippen molar-refractivity contribution in [2.24, 2.45) is 0 Å². The van der Waals surface area contributed by atoms with E-state index in [0.717, 1.165) is 11.1 Å². The van der Waals surface area contributed by atoms with E-state index in [1.807, 2.05) is 30.3 Å². The van der Waals surface area contributed by atoms with Gasteiger partial charge in [-0.05, 0) is 35.7 Å². The molecule has 158 valence electrons. The summed E-state index contributed by atoms with van der Waals surface area (Å²) in [6.45, 7) is 0.804. The topological polar surface area (TPSA) is 86.8 Å². The van der Waals surface area contributed by atoms with Crippen LogP contribution in [0.3, 0.4) is 0 Å². The van der Waals surface area contributed by atoms with Crippen LogP contribution in [0.4, 0.5) is 5.69 Å². The largest absolute Gasteiger partial charge is 0.350 e. The van der Waals surface area contributed by atoms with E-state index >= 15 is 0 Å². The van der Waals surface area contributed by atoms with Crippen LogP contribution in [0.1, 0.15) is 21.5 Å². The highest BCUT2D eigenvalue weighted by Gasteiger charge is 2.35. The van der Waals surface area contributed by atoms with Crippen LogP contribution in [0.2, 0.25) is 0 Å². The Morgan fingerprint density at radius 1 is 1.17 bits per heavy atom. The summed E-state index contributed by atoms with van der Waals surface area (Å²) < 4.78 is 25.2. The summed E-state index contributed by atoms with van der Waals surface area (Å²) in [6.07, 6.45) is 1.75. The van der Waals surface area contributed by atoms with Gasteiger partial charge >= 0.3 is 0 Å². The van der Waals surface area contributed by atoms with Crippen LogP contribution >= 0.6 is 11.8 Å². The van der Waals surface area contributed by atoms with E-state index in [1.165, 1.54) is 10.6 Å². The number of carbonyl (C=O) groups excluding carboxylic acids is 2. The fourth-order valence-electron chi connectivity index (χ4n) is 3.78. The summed E-state index contributed by atoms with van der Waals surface area (Å²) in [4.78, 5) is 27.4. The SMILES string of the molecule is CS(=O)(=O)N1CCc2cc(C(=O)N3CSCC3C(=O)NCc3ccccc3)ccc21. The van der Waals surface area contributed by atoms with Crippen LogP contribution in [-0.4, -0.2) is 55.6 Å². The predicted molar refractivity (Wildman–Crippen MR) is 118 cm³/mol. The minimum atomic E-state index is -3.33. The fraction of sp³-hybridized carbons (Fsp3) is 0.333. The molecule has 0 bridgehead atoms. The van der Waals surface area contributed by atoms with Crippen LogP contribution in [0.25, 0.3) is 0 Å². The first-order valence-corrected chi connectivity index (χ1v) is 12.7. The molecule has 30 heavy (non-hydrogen) atoms. The van der Waals surface area contributed by atoms with Crippen LogP contribution in [0.15, 0.2) is 48.5 Å². The fourth-order valence-corrected chi connectivity index (χ4v) is 5.89. The second kappa shape index (κ2) is 8.31. The van der Waals surface area contributed by atoms with E-state index in [9.17, 15) is 18.0 Å². The molecule has 2 aromatic rings. The summed E-state index contributed by atoms with van der Waals surface area (Å²) in [7, 11) is -3.33. The van der Waals surface area contributed by atoms with Crippen molar-refractivity contribution in [2.75, 3.05) is 28.7 Å². The van der Waals surface area contributed by atoms with E-state index in [-0.39, 0.29) is 11.8 Å². The van der Waals surface area contributed by atoms with Crippen molar-refractivity contribution in [3.05, 3.63) is 65.2 Å². The van der Waals surface area contributed by atoms with Gasteiger partial charge in [-0.1, -0.05) is 30.3 Å². The number of thioether (sulfide) groups is 1. The summed E-state index contributed by atoms with van der Waals surface area (Å²) in [5, 5.41) is 2.92. The molecule has 2 aromatic carbocycles. The third-order valence-corrected chi connectivity index (χ3v) is 7.53. The van der Waals surface area contributed by atoms with Gasteiger partial charge in [-0.3, -0.25) is 13.9 Å². The molecule has 0 spiro atoms. The molecule has 2 heterocycles. The third kappa shape index (κ3) is 4.17. The highest BCUT2D eigenvalue weighted by atomic mass is 32.2. The van der Waals surface area contributed by atoms with Gasteiger partial charge in [-0.15, -0.1) is 11.8 Å². The van der Waals surface area contributed by atoms with Gasteiger partial charge in [-0.2, -0.15) is 0 Å². The van der Waals surface area contributed by atoms with Crippen LogP contribution < -0.4 is 9.62 Å². The van der Waals surface area contributed by atoms with Crippen molar-refractivity contribution in [1.29, 1.82) is 0 Å². The first kappa shape index (κ1) is 20.7. The molecule has 1 atom stereocenters. The molecule has 9 heteroatoms. The van der Waals surface area contributed by atoms with Crippen LogP contribution in [0.5, 0.6) is 0 Å². The van der Waals surface area contributed by atoms with Gasteiger partial charge in [0.2, 0.25) is 15.9 Å². The molecule has 1 unspecified atom stereocenters. The second-order valence-electron chi connectivity index (χ2n) is 7.42. The number of hydrogen-bond donors (Lipinski definition) is 1. The van der Waals surface area contributed by atoms with Crippen molar-refractivity contribution >= 4 is 39.3 Å². The lowest BCUT2D eigenvalue weighted by molar-refractivity contribution is -0.124. The van der Waals surface area contributed by atoms with E-state index in [4.69, 9.17) is 0 Å². The molecule has 4 rings (SSSR count). The van der Waals surface area contributed by atoms with Crippen molar-refractivity contribution in [3.63, 3.8) is 0 Å². The lowest BCUT2D eigenvalue weighted by atomic mass is 10.1. The van der Waals surface area contributed by atoms with Gasteiger partial charge in [0.1, 0.15) is 6.04 Å². The van der Waals surface area contributed by atoms with Gasteiger partial charge in [-0.25, -0.2) is 8.42 Å². The zero-order valence-corrected chi connectivity index (χ0v) is 18.2. The monoisotopic (exact) mass is 445 g/mol. The first-order chi connectivity index (χ1) is 14.3. The maximum atomic E-state index is 13.1. The van der Waals surface area contributed by atoms with Crippen molar-refractivity contribution in [1.82, 2.24) is 10.2 Å². The lowest BCUT2D eigenvalue weighted by Crippen LogP contribution is -2.47. The molecule has 2 aliphatic heterocycles. The number of hydrogen-bond acceptors (Lipinski definition) is 5. The molecular formula is C21H23N3O4S2. The van der Waals surface area contributed by atoms with Crippen molar-refractivity contribution in [2.45, 2.75) is 19.0 Å². The normalized spacial score (nSPS) is 18.4. The minimum absolute atomic E-state index is 0.165. The number of sulfonamides is 1. The first-order valence-electron chi connectivity index (χ1n) is 9.65. The number of amides is 2. The number of nitrogens with one attached hydrogen (secondary N) is 1. The zero-order chi connectivity index (χ0) is 21.3. The van der Waals surface area contributed by atoms with Gasteiger partial charge in [0.05, 0.1) is 17.8 Å². The van der Waals surface area contributed by atoms with Crippen LogP contribution in [0, 0.1) is 0 Å². The zero-order valence-electron chi connectivity index (χ0n) is 16.6. The van der Waals surface area contributed by atoms with Gasteiger partial charge < -0.3 is 10.2 Å². The molecule has 1 saturated heterocycles. The molecule has 2 amide bonds. The Morgan fingerprint density at radius 3 is 2.67 bits per heavy atom. The summed E-state index contributed by atoms with van der Waals surface area (Å²) in [6, 6.07) is 14.2. The molecule has 0 aromatic heterocycles. The minimum Gasteiger partial charge on any atom is -0.350 e. The number of benzene rings is 2. The summed E-state index contributed by atoms with van der Waals surface area (Å²) in [5.41, 5.74) is 2.95. The number of anilines is 1. The highest BCUT2D eigenvalue weighted by molar-refractivity contribution is 7.99. The summed E-state index contributed by atoms with van der Waals surface area (Å²) in [5.74, 6) is 0.635. The molecule has 0 saturated carbocycles. The van der Waals surface area contributed by atoms with E-state index in [0.29, 0.717) is 42.4 Å². The molecular weight excluding hydrogens is 422 g/mol. The Labute approximate surface area is 180 Å². The molecule has 1 fully saturated rings. The van der Waals surface area contributed by atoms with E-state index < -0.39 is 16.1 Å². The number of rotatable bonds is 5.